The molecule has 1 spiro atoms. The van der Waals surface area contributed by atoms with Gasteiger partial charge >= 0.3 is 18.0 Å². The van der Waals surface area contributed by atoms with Crippen LogP contribution < -0.4 is 5.32 Å². The number of hydroxylamine groups is 2. The van der Waals surface area contributed by atoms with Crippen molar-refractivity contribution in [2.24, 2.45) is 40.9 Å². The second-order valence-corrected chi connectivity index (χ2v) is 28.2. The number of alkyl carbamates (subject to hydrolysis) is 1. The number of rotatable bonds is 14. The van der Waals surface area contributed by atoms with E-state index in [4.69, 9.17) is 61.6 Å². The molecule has 0 aromatic rings. The third-order valence-electron chi connectivity index (χ3n) is 21.7. The highest BCUT2D eigenvalue weighted by atomic mass is 16.8. The molecule has 1 amide bonds. The van der Waals surface area contributed by atoms with Crippen LogP contribution in [0.5, 0.6) is 0 Å². The summed E-state index contributed by atoms with van der Waals surface area (Å²) in [5.41, 5.74) is -4.70. The molecule has 7 fully saturated rings. The van der Waals surface area contributed by atoms with E-state index in [-0.39, 0.29) is 54.7 Å². The molecule has 4 aliphatic carbocycles. The second-order valence-electron chi connectivity index (χ2n) is 28.2. The molecule has 6 saturated heterocycles. The van der Waals surface area contributed by atoms with Crippen LogP contribution in [0, 0.1) is 40.9 Å². The molecule has 10 rings (SSSR count). The molecule has 6 aliphatic heterocycles. The number of ketones is 1. The summed E-state index contributed by atoms with van der Waals surface area (Å²) in [6, 6.07) is -0.999. The molecule has 6 heterocycles. The maximum Gasteiger partial charge on any atom is 0.407 e. The maximum atomic E-state index is 15.6. The summed E-state index contributed by atoms with van der Waals surface area (Å²) < 4.78 is 81.7. The third kappa shape index (κ3) is 14.1. The van der Waals surface area contributed by atoms with Crippen LogP contribution in [0.3, 0.4) is 0 Å². The van der Waals surface area contributed by atoms with Crippen LogP contribution in [0.2, 0.25) is 0 Å². The highest BCUT2D eigenvalue weighted by molar-refractivity contribution is 6.27. The predicted octanol–water partition coefficient (Wildman–Crippen LogP) is 6.16. The Labute approximate surface area is 543 Å². The van der Waals surface area contributed by atoms with E-state index < -0.39 is 198 Å². The van der Waals surface area contributed by atoms with Crippen molar-refractivity contribution in [2.75, 3.05) is 7.11 Å². The van der Waals surface area contributed by atoms with E-state index in [0.29, 0.717) is 44.0 Å². The molecular weight excluding hydrogens is 1220 g/mol. The fourth-order valence-electron chi connectivity index (χ4n) is 16.9. The zero-order chi connectivity index (χ0) is 67.5. The summed E-state index contributed by atoms with van der Waals surface area (Å²) in [6.45, 7) is 21.3. The molecule has 26 nitrogen and oxygen atoms in total. The van der Waals surface area contributed by atoms with Crippen molar-refractivity contribution in [2.45, 2.75) is 281 Å². The van der Waals surface area contributed by atoms with E-state index in [1.807, 2.05) is 39.8 Å². The molecule has 1 saturated carbocycles. The lowest BCUT2D eigenvalue weighted by Crippen LogP contribution is -2.68. The summed E-state index contributed by atoms with van der Waals surface area (Å²) in [6.07, 6.45) is -3.33. The summed E-state index contributed by atoms with van der Waals surface area (Å²) >= 11 is 0. The minimum absolute atomic E-state index is 0.00988. The summed E-state index contributed by atoms with van der Waals surface area (Å²) in [5.74, 6) is -6.42. The highest BCUT2D eigenvalue weighted by Crippen LogP contribution is 2.61. The molecule has 0 aromatic heterocycles. The SMILES string of the molecule is COC(=O)N[C@H]1[C@@H](C)O[C@@H](O[C@H]2C/C=C(/C)[C@@H]3C=C[C@@H]4[C@@H](O[C@H]5C[C@@H](O[C@H]6CC[C@@H](O[C@H]7C[C@@H](O)[C@@H](O[C@H]8CC[C@@H](O)[C@H](C)O8)[C@H](C)O7)[C@H](C)O6)[C@@H](OC(C)=O)[C@H](C)O5)[C@@H](C)C[C@H](C)[C@H]4[C@]3(C)C(O)=C3C(=O)OC4(C=C(C=O)C[C@H](O)[C@H]4/C=C\2C)C3=O)C[C@]1(C)N(O)O. The molecule has 520 valence electrons. The number of nitrogens with zero attached hydrogens (tertiary/aromatic N) is 1. The van der Waals surface area contributed by atoms with Gasteiger partial charge in [-0.15, -0.1) is 0 Å². The smallest absolute Gasteiger partial charge is 0.407 e. The Morgan fingerprint density at radius 1 is 0.699 bits per heavy atom. The molecule has 7 N–H and O–H groups in total. The van der Waals surface area contributed by atoms with Crippen LogP contribution in [0.4, 0.5) is 4.79 Å². The number of carbonyl (C=O) groups is 5. The monoisotopic (exact) mass is 1310 g/mol. The zero-order valence-electron chi connectivity index (χ0n) is 55.5. The molecule has 0 aromatic carbocycles. The molecule has 0 radical (unpaired) electrons. The standard InChI is InChI=1S/C67H98N2O24/c1-30-14-18-47(88-54-28-65(11,69(79)80)60(38(9)86-54)68-64(78)81-13)31(2)23-43-45(73)24-40(29-70)27-67(43)62(76)55(63(77)93-67)61(75)66(12)42(30)16-15-41-56(66)32(3)22-33(4)57(41)92-53-26-49(59(37(8)85-53)87-39(10)71)90-50-21-19-48(35(6)83-50)89-52-25-46(74)58(36(7)84-52)91-51-20-17-44(72)34(5)82-51/h14-16,23,27,29,32-38,41-54,56-60,72-75,79-80H,17-22,24-26,28H2,1-13H3,(H,68,78)/b30-14-,31-23-,61-55?/t32-,33-,34-,35-,36-,37-,38+,41-,42-,43+,44+,45-,46+,47-,48+,49+,50-,51-,52-,53-,54-,56+,57-,58-,59-,60-,65-,66+,67?/m0/s1. The Hall–Kier alpha value is -4.59. The number of nitrogens with one attached hydrogen (secondary N) is 1. The average Bonchev–Trinajstić information content (AvgIpc) is 1.68. The van der Waals surface area contributed by atoms with Crippen molar-refractivity contribution < 1.29 is 116 Å². The minimum atomic E-state index is -2.28. The number of hydrogen-bond acceptors (Lipinski definition) is 25. The first-order chi connectivity index (χ1) is 43.9. The number of amides is 1. The van der Waals surface area contributed by atoms with Crippen molar-refractivity contribution in [3.8, 4) is 0 Å². The first-order valence-corrected chi connectivity index (χ1v) is 33.1. The highest BCUT2D eigenvalue weighted by Gasteiger charge is 2.64. The van der Waals surface area contributed by atoms with Crippen LogP contribution >= 0.6 is 0 Å². The fraction of sp³-hybridized carbons (Fsp3) is 0.776. The Balaban J connectivity index is 0.905. The average molecular weight is 1320 g/mol. The number of allylic oxidation sites excluding steroid dienone is 3. The Bertz CT molecular complexity index is 2900. The van der Waals surface area contributed by atoms with Crippen molar-refractivity contribution in [1.82, 2.24) is 10.5 Å². The van der Waals surface area contributed by atoms with Crippen LogP contribution in [-0.2, 0) is 80.8 Å². The third-order valence-corrected chi connectivity index (χ3v) is 21.7. The second kappa shape index (κ2) is 28.5. The molecule has 29 atom stereocenters. The van der Waals surface area contributed by atoms with E-state index in [1.54, 1.807) is 33.8 Å². The van der Waals surface area contributed by atoms with Crippen molar-refractivity contribution in [3.05, 3.63) is 58.4 Å². The Kier molecular flexibility index (Phi) is 21.8. The maximum absolute atomic E-state index is 15.6. The van der Waals surface area contributed by atoms with E-state index in [9.17, 15) is 50.0 Å². The molecule has 26 heteroatoms. The Morgan fingerprint density at radius 2 is 1.33 bits per heavy atom. The van der Waals surface area contributed by atoms with Gasteiger partial charge in [-0.25, -0.2) is 9.59 Å². The number of carbonyl (C=O) groups excluding carboxylic acids is 5. The molecule has 1 unspecified atom stereocenters. The molecule has 10 aliphatic rings. The van der Waals surface area contributed by atoms with Crippen LogP contribution in [0.1, 0.15) is 147 Å². The van der Waals surface area contributed by atoms with Gasteiger partial charge < -0.3 is 87.3 Å². The van der Waals surface area contributed by atoms with E-state index in [1.165, 1.54) is 27.0 Å². The van der Waals surface area contributed by atoms with Crippen LogP contribution in [-0.4, -0.2) is 207 Å². The predicted molar refractivity (Wildman–Crippen MR) is 324 cm³/mol. The number of hydrogen-bond donors (Lipinski definition) is 7. The van der Waals surface area contributed by atoms with Gasteiger partial charge in [-0.05, 0) is 116 Å². The van der Waals surface area contributed by atoms with Crippen LogP contribution in [0.25, 0.3) is 0 Å². The number of methoxy groups -OCH3 is 1. The summed E-state index contributed by atoms with van der Waals surface area (Å²) in [4.78, 5) is 68.1. The number of fused-ring (bicyclic) bond motifs is 4. The number of esters is 2. The van der Waals surface area contributed by atoms with Gasteiger partial charge in [0.15, 0.2) is 37.6 Å². The molecule has 93 heavy (non-hydrogen) atoms. The van der Waals surface area contributed by atoms with Gasteiger partial charge in [-0.1, -0.05) is 55.9 Å². The van der Waals surface area contributed by atoms with E-state index in [0.717, 1.165) is 5.57 Å². The van der Waals surface area contributed by atoms with Crippen LogP contribution in [0.15, 0.2) is 58.4 Å². The van der Waals surface area contributed by atoms with Gasteiger partial charge in [0.25, 0.3) is 0 Å². The minimum Gasteiger partial charge on any atom is -0.511 e. The number of Topliss-reactive ketones (excluding diaryl/α,β-unsaturated/α-hetero) is 1. The largest absolute Gasteiger partial charge is 0.511 e. The fourth-order valence-corrected chi connectivity index (χ4v) is 16.9. The quantitative estimate of drug-likeness (QED) is 0.0255. The lowest BCUT2D eigenvalue weighted by molar-refractivity contribution is -0.390. The van der Waals surface area contributed by atoms with Gasteiger partial charge in [-0.3, -0.25) is 24.8 Å². The van der Waals surface area contributed by atoms with Gasteiger partial charge in [0, 0.05) is 62.7 Å². The zero-order valence-corrected chi connectivity index (χ0v) is 55.5. The topological polar surface area (TPSA) is 342 Å². The van der Waals surface area contributed by atoms with E-state index in [2.05, 4.69) is 25.2 Å². The van der Waals surface area contributed by atoms with Crippen molar-refractivity contribution >= 4 is 30.1 Å². The normalized spacial score (nSPS) is 47.5. The number of aliphatic hydroxyl groups is 4. The lowest BCUT2D eigenvalue weighted by Gasteiger charge is -2.56. The molecule has 2 bridgehead atoms. The summed E-state index contributed by atoms with van der Waals surface area (Å²) in [7, 11) is 1.18. The Morgan fingerprint density at radius 3 is 1.99 bits per heavy atom. The van der Waals surface area contributed by atoms with E-state index >= 15 is 4.79 Å². The lowest BCUT2D eigenvalue weighted by atomic mass is 9.49. The number of ether oxygens (including phenoxy) is 13. The van der Waals surface area contributed by atoms with Gasteiger partial charge in [-0.2, -0.15) is 0 Å². The van der Waals surface area contributed by atoms with Crippen molar-refractivity contribution in [1.29, 1.82) is 0 Å². The summed E-state index contributed by atoms with van der Waals surface area (Å²) in [5, 5.41) is 70.6. The number of aldehydes is 1. The first-order valence-electron chi connectivity index (χ1n) is 33.1. The number of aliphatic hydroxyl groups excluding tert-OH is 4. The van der Waals surface area contributed by atoms with Gasteiger partial charge in [0.2, 0.25) is 11.4 Å². The van der Waals surface area contributed by atoms with Crippen molar-refractivity contribution in [3.63, 3.8) is 0 Å². The van der Waals surface area contributed by atoms with Gasteiger partial charge in [0.1, 0.15) is 29.8 Å². The van der Waals surface area contributed by atoms with Gasteiger partial charge in [0.05, 0.1) is 91.8 Å². The molecular formula is C67H98N2O24. The first kappa shape index (κ1) is 71.2.